The van der Waals surface area contributed by atoms with Crippen LogP contribution in [0.25, 0.3) is 10.8 Å². The molecule has 0 aliphatic rings. The van der Waals surface area contributed by atoms with Crippen LogP contribution in [0.3, 0.4) is 0 Å². The molecular weight excluding hydrogens is 634 g/mol. The van der Waals surface area contributed by atoms with Crippen LogP contribution in [0.1, 0.15) is 24.5 Å². The Balaban J connectivity index is 1.43. The molecule has 0 aliphatic carbocycles. The standard InChI is InChI=1S/C36H32BrN3O5/c37-24-18-20-25(21-19-24)39-36(43)45-35(29-22-23-32(41)28-13-5-4-12-27(28)29)33(44-26-10-2-1-3-11-26)16-8-9-17-34(42)40-31-15-7-6-14-30(31)38/h1-7,9-15,17-23,33,35,41H,8,16,38H2,(H,39,43)(H,40,42)/b17-9+/t33-,35-/m1/s1. The van der Waals surface area contributed by atoms with Crippen molar-refractivity contribution in [2.24, 2.45) is 0 Å². The van der Waals surface area contributed by atoms with E-state index in [1.807, 2.05) is 60.7 Å². The highest BCUT2D eigenvalue weighted by Crippen LogP contribution is 2.36. The van der Waals surface area contributed by atoms with Crippen LogP contribution in [-0.2, 0) is 9.53 Å². The number of anilines is 3. The number of phenolic OH excluding ortho intramolecular Hbond substituents is 1. The summed E-state index contributed by atoms with van der Waals surface area (Å²) in [6.07, 6.45) is 1.76. The third-order valence-electron chi connectivity index (χ3n) is 7.04. The van der Waals surface area contributed by atoms with Crippen LogP contribution in [0.5, 0.6) is 11.5 Å². The molecule has 5 aromatic rings. The van der Waals surface area contributed by atoms with Gasteiger partial charge in [0, 0.05) is 21.1 Å². The van der Waals surface area contributed by atoms with Crippen LogP contribution in [-0.4, -0.2) is 23.2 Å². The van der Waals surface area contributed by atoms with Crippen molar-refractivity contribution >= 4 is 55.8 Å². The molecule has 9 heteroatoms. The highest BCUT2D eigenvalue weighted by atomic mass is 79.9. The number of phenols is 1. The molecule has 0 radical (unpaired) electrons. The number of carbonyl (C=O) groups excluding carboxylic acids is 2. The Morgan fingerprint density at radius 1 is 0.822 bits per heavy atom. The van der Waals surface area contributed by atoms with Gasteiger partial charge >= 0.3 is 6.09 Å². The number of nitrogen functional groups attached to an aromatic ring is 1. The van der Waals surface area contributed by atoms with E-state index >= 15 is 0 Å². The number of rotatable bonds is 11. The predicted molar refractivity (Wildman–Crippen MR) is 181 cm³/mol. The van der Waals surface area contributed by atoms with Gasteiger partial charge in [0.05, 0.1) is 11.4 Å². The van der Waals surface area contributed by atoms with Gasteiger partial charge in [-0.15, -0.1) is 0 Å². The maximum atomic E-state index is 13.3. The van der Waals surface area contributed by atoms with E-state index in [0.717, 1.165) is 9.86 Å². The second kappa shape index (κ2) is 14.9. The van der Waals surface area contributed by atoms with E-state index in [-0.39, 0.29) is 11.7 Å². The Morgan fingerprint density at radius 3 is 2.27 bits per heavy atom. The van der Waals surface area contributed by atoms with Gasteiger partial charge < -0.3 is 25.6 Å². The zero-order chi connectivity index (χ0) is 31.6. The minimum atomic E-state index is -0.891. The molecule has 5 rings (SSSR count). The SMILES string of the molecule is Nc1ccccc1NC(=O)/C=C/CC[C@@H](Oc1ccccc1)[C@H](OC(=O)Nc1ccc(Br)cc1)c1ccc(O)c2ccccc12. The second-order valence-corrected chi connectivity index (χ2v) is 11.1. The van der Waals surface area contributed by atoms with Crippen molar-refractivity contribution in [3.63, 3.8) is 0 Å². The van der Waals surface area contributed by atoms with Gasteiger partial charge in [-0.1, -0.05) is 82.7 Å². The smallest absolute Gasteiger partial charge is 0.412 e. The fraction of sp³-hybridized carbons (Fsp3) is 0.111. The summed E-state index contributed by atoms with van der Waals surface area (Å²) in [7, 11) is 0. The summed E-state index contributed by atoms with van der Waals surface area (Å²) in [5.74, 6) is 0.384. The van der Waals surface area contributed by atoms with E-state index in [9.17, 15) is 14.7 Å². The molecule has 45 heavy (non-hydrogen) atoms. The molecule has 5 N–H and O–H groups in total. The largest absolute Gasteiger partial charge is 0.507 e. The number of nitrogens with two attached hydrogens (primary N) is 1. The van der Waals surface area contributed by atoms with Crippen molar-refractivity contribution in [1.29, 1.82) is 0 Å². The molecule has 2 amide bonds. The van der Waals surface area contributed by atoms with Crippen molar-refractivity contribution in [1.82, 2.24) is 0 Å². The highest BCUT2D eigenvalue weighted by molar-refractivity contribution is 9.10. The number of allylic oxidation sites excluding steroid dienone is 1. The molecule has 228 valence electrons. The summed E-state index contributed by atoms with van der Waals surface area (Å²) in [5, 5.41) is 17.5. The minimum absolute atomic E-state index is 0.112. The number of amides is 2. The lowest BCUT2D eigenvalue weighted by molar-refractivity contribution is -0.111. The molecule has 0 bridgehead atoms. The topological polar surface area (TPSA) is 123 Å². The summed E-state index contributed by atoms with van der Waals surface area (Å²) in [6.45, 7) is 0. The first-order valence-corrected chi connectivity index (χ1v) is 15.1. The first-order chi connectivity index (χ1) is 21.9. The fourth-order valence-electron chi connectivity index (χ4n) is 4.87. The first kappa shape index (κ1) is 31.2. The van der Waals surface area contributed by atoms with Crippen molar-refractivity contribution in [3.8, 4) is 11.5 Å². The van der Waals surface area contributed by atoms with Gasteiger partial charge in [-0.2, -0.15) is 0 Å². The molecule has 2 atom stereocenters. The summed E-state index contributed by atoms with van der Waals surface area (Å²) in [5.41, 5.74) is 8.17. The zero-order valence-corrected chi connectivity index (χ0v) is 25.8. The Labute approximate surface area is 269 Å². The van der Waals surface area contributed by atoms with Crippen LogP contribution in [0.4, 0.5) is 21.9 Å². The van der Waals surface area contributed by atoms with Gasteiger partial charge in [-0.05, 0) is 78.9 Å². The Hall–Kier alpha value is -5.28. The molecule has 0 fully saturated rings. The number of hydrogen-bond donors (Lipinski definition) is 4. The van der Waals surface area contributed by atoms with E-state index in [4.69, 9.17) is 15.2 Å². The number of halogens is 1. The van der Waals surface area contributed by atoms with Crippen LogP contribution in [0.2, 0.25) is 0 Å². The van der Waals surface area contributed by atoms with Crippen molar-refractivity contribution in [2.45, 2.75) is 25.0 Å². The van der Waals surface area contributed by atoms with Crippen LogP contribution >= 0.6 is 15.9 Å². The van der Waals surface area contributed by atoms with Gasteiger partial charge in [0.2, 0.25) is 5.91 Å². The average Bonchev–Trinajstić information content (AvgIpc) is 3.05. The number of aromatic hydroxyl groups is 1. The molecule has 0 aromatic heterocycles. The van der Waals surface area contributed by atoms with Crippen molar-refractivity contribution in [3.05, 3.63) is 137 Å². The van der Waals surface area contributed by atoms with Crippen LogP contribution in [0, 0.1) is 0 Å². The molecule has 0 heterocycles. The minimum Gasteiger partial charge on any atom is -0.507 e. The number of nitrogens with one attached hydrogen (secondary N) is 2. The normalized spacial score (nSPS) is 12.4. The molecule has 0 saturated heterocycles. The van der Waals surface area contributed by atoms with Gasteiger partial charge in [-0.25, -0.2) is 4.79 Å². The van der Waals surface area contributed by atoms with E-state index < -0.39 is 18.3 Å². The third kappa shape index (κ3) is 8.43. The first-order valence-electron chi connectivity index (χ1n) is 14.3. The number of carbonyl (C=O) groups is 2. The van der Waals surface area contributed by atoms with Crippen LogP contribution in [0.15, 0.2) is 132 Å². The lowest BCUT2D eigenvalue weighted by atomic mass is 9.94. The molecule has 8 nitrogen and oxygen atoms in total. The summed E-state index contributed by atoms with van der Waals surface area (Å²) in [4.78, 5) is 25.9. The zero-order valence-electron chi connectivity index (χ0n) is 24.2. The van der Waals surface area contributed by atoms with Crippen molar-refractivity contribution in [2.75, 3.05) is 16.4 Å². The van der Waals surface area contributed by atoms with Crippen molar-refractivity contribution < 1.29 is 24.2 Å². The maximum Gasteiger partial charge on any atom is 0.412 e. The molecule has 0 aliphatic heterocycles. The van der Waals surface area contributed by atoms with E-state index in [1.165, 1.54) is 6.08 Å². The number of benzene rings is 5. The van der Waals surface area contributed by atoms with Gasteiger partial charge in [0.15, 0.2) is 6.10 Å². The highest BCUT2D eigenvalue weighted by Gasteiger charge is 2.31. The summed E-state index contributed by atoms with van der Waals surface area (Å²) < 4.78 is 13.5. The van der Waals surface area contributed by atoms with E-state index in [2.05, 4.69) is 26.6 Å². The fourth-order valence-corrected chi connectivity index (χ4v) is 5.14. The predicted octanol–water partition coefficient (Wildman–Crippen LogP) is 8.60. The molecule has 0 saturated carbocycles. The summed E-state index contributed by atoms with van der Waals surface area (Å²) >= 11 is 3.40. The lowest BCUT2D eigenvalue weighted by Gasteiger charge is -2.29. The number of para-hydroxylation sites is 3. The Bertz CT molecular complexity index is 1790. The van der Waals surface area contributed by atoms with E-state index in [0.29, 0.717) is 46.6 Å². The third-order valence-corrected chi connectivity index (χ3v) is 7.57. The number of ether oxygens (including phenoxy) is 2. The number of hydrogen-bond acceptors (Lipinski definition) is 6. The Morgan fingerprint density at radius 2 is 1.51 bits per heavy atom. The monoisotopic (exact) mass is 665 g/mol. The quantitative estimate of drug-likeness (QED) is 0.0827. The van der Waals surface area contributed by atoms with Gasteiger partial charge in [-0.3, -0.25) is 10.1 Å². The van der Waals surface area contributed by atoms with Crippen LogP contribution < -0.4 is 21.1 Å². The molecular formula is C36H32BrN3O5. The van der Waals surface area contributed by atoms with Gasteiger partial charge in [0.25, 0.3) is 0 Å². The molecule has 0 spiro atoms. The summed E-state index contributed by atoms with van der Waals surface area (Å²) in [6, 6.07) is 34.1. The Kier molecular flexibility index (Phi) is 10.3. The van der Waals surface area contributed by atoms with E-state index in [1.54, 1.807) is 60.7 Å². The second-order valence-electron chi connectivity index (χ2n) is 10.2. The lowest BCUT2D eigenvalue weighted by Crippen LogP contribution is -2.31. The molecule has 5 aromatic carbocycles. The molecule has 0 unspecified atom stereocenters. The average molecular weight is 667 g/mol. The maximum absolute atomic E-state index is 13.3. The number of fused-ring (bicyclic) bond motifs is 1. The van der Waals surface area contributed by atoms with Gasteiger partial charge in [0.1, 0.15) is 17.6 Å².